The van der Waals surface area contributed by atoms with E-state index in [2.05, 4.69) is 5.32 Å². The summed E-state index contributed by atoms with van der Waals surface area (Å²) in [5.41, 5.74) is 0.862. The zero-order valence-electron chi connectivity index (χ0n) is 27.4. The molecule has 1 N–H and O–H groups in total. The maximum absolute atomic E-state index is 14.7. The Hall–Kier alpha value is -4.25. The lowest BCUT2D eigenvalue weighted by Crippen LogP contribution is -2.56. The number of rotatable bonds is 13. The third-order valence-corrected chi connectivity index (χ3v) is 9.88. The van der Waals surface area contributed by atoms with Crippen LogP contribution in [-0.4, -0.2) is 57.5 Å². The topological polar surface area (TPSA) is 105 Å². The molecule has 0 aromatic heterocycles. The molecule has 0 saturated heterocycles. The number of halogens is 2. The Morgan fingerprint density at radius 3 is 2.04 bits per heavy atom. The van der Waals surface area contributed by atoms with Gasteiger partial charge >= 0.3 is 0 Å². The molecule has 2 amide bonds. The molecule has 0 saturated carbocycles. The van der Waals surface area contributed by atoms with Crippen LogP contribution in [0.1, 0.15) is 31.9 Å². The van der Waals surface area contributed by atoms with Crippen LogP contribution in [0.5, 0.6) is 11.5 Å². The van der Waals surface area contributed by atoms with Crippen LogP contribution in [-0.2, 0) is 32.6 Å². The zero-order chi connectivity index (χ0) is 35.1. The molecule has 4 aromatic carbocycles. The second-order valence-corrected chi connectivity index (χ2v) is 14.8. The van der Waals surface area contributed by atoms with E-state index in [0.29, 0.717) is 16.3 Å². The van der Waals surface area contributed by atoms with Crippen LogP contribution in [0.2, 0.25) is 10.0 Å². The first-order chi connectivity index (χ1) is 22.7. The molecule has 0 aliphatic carbocycles. The standard InChI is InChI=1S/C36H39Cl2N3O6S/c1-36(2,3)39-35(43)32(21-25-12-8-6-9-13-25)40(23-26-16-18-29(37)30(38)20-26)34(42)24-41(48(44,45)28-14-10-7-11-15-28)31-22-27(46-4)17-19-33(31)47-5/h6-20,22,32H,21,23-24H2,1-5H3,(H,39,43)/t32-/m1/s1. The van der Waals surface area contributed by atoms with Gasteiger partial charge in [-0.2, -0.15) is 0 Å². The molecule has 1 atom stereocenters. The molecule has 9 nitrogen and oxygen atoms in total. The van der Waals surface area contributed by atoms with Gasteiger partial charge in [0.1, 0.15) is 24.1 Å². The Labute approximate surface area is 292 Å². The van der Waals surface area contributed by atoms with Crippen LogP contribution in [0.3, 0.4) is 0 Å². The van der Waals surface area contributed by atoms with Crippen LogP contribution >= 0.6 is 23.2 Å². The van der Waals surface area contributed by atoms with E-state index in [0.717, 1.165) is 9.87 Å². The molecule has 0 heterocycles. The van der Waals surface area contributed by atoms with E-state index in [9.17, 15) is 18.0 Å². The largest absolute Gasteiger partial charge is 0.497 e. The van der Waals surface area contributed by atoms with E-state index in [1.165, 1.54) is 37.3 Å². The third-order valence-electron chi connectivity index (χ3n) is 7.37. The molecule has 0 aliphatic rings. The summed E-state index contributed by atoms with van der Waals surface area (Å²) in [6.07, 6.45) is 0.156. The molecule has 4 rings (SSSR count). The first-order valence-electron chi connectivity index (χ1n) is 15.1. The van der Waals surface area contributed by atoms with Crippen molar-refractivity contribution in [2.75, 3.05) is 25.1 Å². The predicted octanol–water partition coefficient (Wildman–Crippen LogP) is 6.76. The van der Waals surface area contributed by atoms with Gasteiger partial charge in [-0.15, -0.1) is 0 Å². The number of nitrogens with one attached hydrogen (secondary N) is 1. The van der Waals surface area contributed by atoms with Crippen molar-refractivity contribution in [1.29, 1.82) is 0 Å². The predicted molar refractivity (Wildman–Crippen MR) is 189 cm³/mol. The fourth-order valence-electron chi connectivity index (χ4n) is 5.07. The van der Waals surface area contributed by atoms with Crippen molar-refractivity contribution >= 4 is 50.7 Å². The third kappa shape index (κ3) is 9.21. The van der Waals surface area contributed by atoms with Gasteiger partial charge in [0, 0.05) is 24.6 Å². The van der Waals surface area contributed by atoms with Crippen molar-refractivity contribution in [3.05, 3.63) is 118 Å². The minimum absolute atomic E-state index is 0.0370. The smallest absolute Gasteiger partial charge is 0.264 e. The van der Waals surface area contributed by atoms with Crippen LogP contribution in [0.15, 0.2) is 102 Å². The van der Waals surface area contributed by atoms with Gasteiger partial charge in [0.2, 0.25) is 11.8 Å². The molecular weight excluding hydrogens is 673 g/mol. The number of nitrogens with zero attached hydrogens (tertiary/aromatic N) is 2. The van der Waals surface area contributed by atoms with Gasteiger partial charge in [0.25, 0.3) is 10.0 Å². The summed E-state index contributed by atoms with van der Waals surface area (Å²) in [4.78, 5) is 30.1. The summed E-state index contributed by atoms with van der Waals surface area (Å²) in [7, 11) is -1.49. The average Bonchev–Trinajstić information content (AvgIpc) is 3.06. The van der Waals surface area contributed by atoms with E-state index >= 15 is 0 Å². The van der Waals surface area contributed by atoms with Crippen molar-refractivity contribution < 1.29 is 27.5 Å². The fourth-order valence-corrected chi connectivity index (χ4v) is 6.82. The Kier molecular flexibility index (Phi) is 12.0. The van der Waals surface area contributed by atoms with Crippen molar-refractivity contribution in [2.24, 2.45) is 0 Å². The monoisotopic (exact) mass is 711 g/mol. The lowest BCUT2D eigenvalue weighted by molar-refractivity contribution is -0.140. The molecular formula is C36H39Cl2N3O6S. The maximum atomic E-state index is 14.7. The van der Waals surface area contributed by atoms with Crippen molar-refractivity contribution in [3.63, 3.8) is 0 Å². The highest BCUT2D eigenvalue weighted by molar-refractivity contribution is 7.92. The van der Waals surface area contributed by atoms with Crippen LogP contribution in [0.25, 0.3) is 0 Å². The summed E-state index contributed by atoms with van der Waals surface area (Å²) in [6, 6.07) is 25.7. The number of methoxy groups -OCH3 is 2. The molecule has 254 valence electrons. The van der Waals surface area contributed by atoms with Gasteiger partial charge in [-0.25, -0.2) is 8.42 Å². The number of carbonyl (C=O) groups excluding carboxylic acids is 2. The second kappa shape index (κ2) is 15.8. The lowest BCUT2D eigenvalue weighted by atomic mass is 10.0. The number of anilines is 1. The van der Waals surface area contributed by atoms with Crippen LogP contribution in [0.4, 0.5) is 5.69 Å². The molecule has 0 fully saturated rings. The number of carbonyl (C=O) groups is 2. The van der Waals surface area contributed by atoms with Gasteiger partial charge in [-0.3, -0.25) is 13.9 Å². The molecule has 0 bridgehead atoms. The highest BCUT2D eigenvalue weighted by Crippen LogP contribution is 2.36. The fraction of sp³-hybridized carbons (Fsp3) is 0.278. The van der Waals surface area contributed by atoms with Crippen molar-refractivity contribution in [1.82, 2.24) is 10.2 Å². The quantitative estimate of drug-likeness (QED) is 0.164. The van der Waals surface area contributed by atoms with E-state index in [4.69, 9.17) is 32.7 Å². The van der Waals surface area contributed by atoms with Crippen LogP contribution < -0.4 is 19.1 Å². The Balaban J connectivity index is 1.89. The van der Waals surface area contributed by atoms with Crippen molar-refractivity contribution in [3.8, 4) is 11.5 Å². The summed E-state index contributed by atoms with van der Waals surface area (Å²) in [5, 5.41) is 3.61. The summed E-state index contributed by atoms with van der Waals surface area (Å²) >= 11 is 12.6. The number of ether oxygens (including phenoxy) is 2. The first kappa shape index (κ1) is 36.6. The first-order valence-corrected chi connectivity index (χ1v) is 17.3. The van der Waals surface area contributed by atoms with Gasteiger partial charge in [-0.05, 0) is 68.3 Å². The molecule has 48 heavy (non-hydrogen) atoms. The van der Waals surface area contributed by atoms with E-state index in [-0.39, 0.29) is 34.3 Å². The number of benzene rings is 4. The number of amides is 2. The molecule has 4 aromatic rings. The lowest BCUT2D eigenvalue weighted by Gasteiger charge is -2.35. The summed E-state index contributed by atoms with van der Waals surface area (Å²) in [6.45, 7) is 4.80. The highest BCUT2D eigenvalue weighted by atomic mass is 35.5. The van der Waals surface area contributed by atoms with E-state index < -0.39 is 40.0 Å². The average molecular weight is 713 g/mol. The van der Waals surface area contributed by atoms with E-state index in [1.807, 2.05) is 51.1 Å². The minimum Gasteiger partial charge on any atom is -0.497 e. The number of hydrogen-bond donors (Lipinski definition) is 1. The Bertz CT molecular complexity index is 1830. The highest BCUT2D eigenvalue weighted by Gasteiger charge is 2.36. The number of sulfonamides is 1. The number of hydrogen-bond acceptors (Lipinski definition) is 6. The minimum atomic E-state index is -4.35. The maximum Gasteiger partial charge on any atom is 0.264 e. The van der Waals surface area contributed by atoms with E-state index in [1.54, 1.807) is 48.5 Å². The summed E-state index contributed by atoms with van der Waals surface area (Å²) < 4.78 is 40.6. The van der Waals surface area contributed by atoms with Gasteiger partial charge in [-0.1, -0.05) is 77.8 Å². The molecule has 0 radical (unpaired) electrons. The molecule has 0 aliphatic heterocycles. The normalized spacial score (nSPS) is 12.1. The second-order valence-electron chi connectivity index (χ2n) is 12.1. The van der Waals surface area contributed by atoms with Crippen molar-refractivity contribution in [2.45, 2.75) is 50.2 Å². The van der Waals surface area contributed by atoms with Crippen LogP contribution in [0, 0.1) is 0 Å². The molecule has 0 spiro atoms. The Morgan fingerprint density at radius 1 is 0.812 bits per heavy atom. The SMILES string of the molecule is COc1ccc(OC)c(N(CC(=O)N(Cc2ccc(Cl)c(Cl)c2)[C@H](Cc2ccccc2)C(=O)NC(C)(C)C)S(=O)(=O)c2ccccc2)c1. The molecule has 0 unspecified atom stereocenters. The summed E-state index contributed by atoms with van der Waals surface area (Å²) in [5.74, 6) is -0.497. The Morgan fingerprint density at radius 2 is 1.46 bits per heavy atom. The van der Waals surface area contributed by atoms with Gasteiger partial charge < -0.3 is 19.7 Å². The van der Waals surface area contributed by atoms with Gasteiger partial charge in [0.15, 0.2) is 0 Å². The van der Waals surface area contributed by atoms with Gasteiger partial charge in [0.05, 0.1) is 34.8 Å². The zero-order valence-corrected chi connectivity index (χ0v) is 29.8. The molecule has 12 heteroatoms.